The number of aryl methyl sites for hydroxylation is 1. The number of hydrogen-bond acceptors (Lipinski definition) is 10. The van der Waals surface area contributed by atoms with E-state index in [0.29, 0.717) is 62.7 Å². The van der Waals surface area contributed by atoms with Gasteiger partial charge in [0.2, 0.25) is 15.9 Å². The van der Waals surface area contributed by atoms with Crippen LogP contribution in [0.3, 0.4) is 0 Å². The Morgan fingerprint density at radius 3 is 2.53 bits per heavy atom. The molecule has 0 amide bonds. The molecule has 2 aliphatic rings. The average Bonchev–Trinajstić information content (AvgIpc) is 3.27. The van der Waals surface area contributed by atoms with Crippen molar-refractivity contribution in [3.05, 3.63) is 29.2 Å². The molecule has 0 aliphatic carbocycles. The second-order valence-corrected chi connectivity index (χ2v) is 10.5. The number of aliphatic hydroxyl groups excluding tert-OH is 1. The number of anilines is 1. The van der Waals surface area contributed by atoms with Gasteiger partial charge in [-0.3, -0.25) is 4.68 Å². The molecule has 12 nitrogen and oxygen atoms in total. The molecule has 1 saturated heterocycles. The molecule has 0 bridgehead atoms. The Morgan fingerprint density at radius 1 is 1.14 bits per heavy atom. The molecule has 0 radical (unpaired) electrons. The average molecular weight is 522 g/mol. The van der Waals surface area contributed by atoms with E-state index in [-0.39, 0.29) is 23.2 Å². The van der Waals surface area contributed by atoms with Gasteiger partial charge in [0.15, 0.2) is 6.23 Å². The molecule has 4 rings (SSSR count). The van der Waals surface area contributed by atoms with E-state index >= 15 is 0 Å². The standard InChI is InChI=1S/C23H35N7O5S/c1-5-18-19-20(27-30(18)7-3)22(31)26-21(25-19)17-14-16(15-24-23(17)35-13-12-34-4)36(32,33)29-10-8-28(6-2)9-11-29/h14-15,22,31H,5-13H2,1-4H3,(H,25,26). The quantitative estimate of drug-likeness (QED) is 0.440. The number of aliphatic hydroxyl groups is 1. The maximum absolute atomic E-state index is 13.5. The van der Waals surface area contributed by atoms with Crippen molar-refractivity contribution in [3.8, 4) is 5.88 Å². The summed E-state index contributed by atoms with van der Waals surface area (Å²) in [6.45, 7) is 10.3. The number of pyridine rings is 1. The van der Waals surface area contributed by atoms with Gasteiger partial charge in [-0.15, -0.1) is 0 Å². The largest absolute Gasteiger partial charge is 0.475 e. The zero-order valence-electron chi connectivity index (χ0n) is 21.3. The third-order valence-electron chi connectivity index (χ3n) is 6.48. The summed E-state index contributed by atoms with van der Waals surface area (Å²) in [7, 11) is -2.22. The number of aromatic nitrogens is 3. The molecule has 198 valence electrons. The first kappa shape index (κ1) is 26.5. The summed E-state index contributed by atoms with van der Waals surface area (Å²) < 4.78 is 41.1. The van der Waals surface area contributed by atoms with Gasteiger partial charge >= 0.3 is 0 Å². The minimum Gasteiger partial charge on any atom is -0.475 e. The van der Waals surface area contributed by atoms with E-state index in [1.54, 1.807) is 7.11 Å². The summed E-state index contributed by atoms with van der Waals surface area (Å²) in [5, 5.41) is 18.5. The Labute approximate surface area is 212 Å². The normalized spacial score (nSPS) is 19.0. The van der Waals surface area contributed by atoms with Crippen molar-refractivity contribution in [1.82, 2.24) is 24.0 Å². The number of ether oxygens (including phenoxy) is 2. The molecule has 1 atom stereocenters. The fraction of sp³-hybridized carbons (Fsp3) is 0.609. The van der Waals surface area contributed by atoms with Crippen LogP contribution in [0.1, 0.15) is 44.0 Å². The first-order valence-corrected chi connectivity index (χ1v) is 13.7. The molecule has 0 saturated carbocycles. The summed E-state index contributed by atoms with van der Waals surface area (Å²) in [5.74, 6) is 0.470. The lowest BCUT2D eigenvalue weighted by atomic mass is 10.1. The smallest absolute Gasteiger partial charge is 0.244 e. The Kier molecular flexibility index (Phi) is 8.25. The number of likely N-dealkylation sites (N-methyl/N-ethyl adjacent to an activating group) is 1. The summed E-state index contributed by atoms with van der Waals surface area (Å²) in [6.07, 6.45) is 0.797. The van der Waals surface area contributed by atoms with E-state index in [4.69, 9.17) is 9.47 Å². The van der Waals surface area contributed by atoms with Gasteiger partial charge in [0.05, 0.1) is 29.7 Å². The van der Waals surface area contributed by atoms with Crippen LogP contribution in [0.2, 0.25) is 0 Å². The van der Waals surface area contributed by atoms with Crippen LogP contribution in [-0.2, 0) is 27.7 Å². The second-order valence-electron chi connectivity index (χ2n) is 8.56. The van der Waals surface area contributed by atoms with E-state index in [1.165, 1.54) is 16.6 Å². The lowest BCUT2D eigenvalue weighted by Gasteiger charge is -2.33. The summed E-state index contributed by atoms with van der Waals surface area (Å²) in [5.41, 5.74) is 2.37. The van der Waals surface area contributed by atoms with Crippen LogP contribution in [0.5, 0.6) is 5.88 Å². The zero-order chi connectivity index (χ0) is 25.9. The lowest BCUT2D eigenvalue weighted by molar-refractivity contribution is 0.143. The Hall–Kier alpha value is -2.58. The number of nitrogens with one attached hydrogen (secondary N) is 1. The molecule has 36 heavy (non-hydrogen) atoms. The number of aliphatic imine (C=N–C) groups is 1. The second kappa shape index (κ2) is 11.2. The number of nitrogens with zero attached hydrogens (tertiary/aromatic N) is 6. The number of rotatable bonds is 10. The number of amidine groups is 1. The van der Waals surface area contributed by atoms with Gasteiger partial charge < -0.3 is 24.8 Å². The Morgan fingerprint density at radius 2 is 1.89 bits per heavy atom. The predicted octanol–water partition coefficient (Wildman–Crippen LogP) is 1.08. The van der Waals surface area contributed by atoms with Crippen LogP contribution in [0, 0.1) is 0 Å². The van der Waals surface area contributed by atoms with Crippen molar-refractivity contribution in [2.45, 2.75) is 44.9 Å². The van der Waals surface area contributed by atoms with Gasteiger partial charge in [0, 0.05) is 39.8 Å². The third kappa shape index (κ3) is 5.11. The zero-order valence-corrected chi connectivity index (χ0v) is 22.1. The first-order valence-electron chi connectivity index (χ1n) is 12.3. The number of fused-ring (bicyclic) bond motifs is 1. The van der Waals surface area contributed by atoms with Gasteiger partial charge in [0.25, 0.3) is 0 Å². The molecule has 2 aromatic heterocycles. The van der Waals surface area contributed by atoms with Gasteiger partial charge in [-0.05, 0) is 26.0 Å². The number of piperazine rings is 1. The van der Waals surface area contributed by atoms with Gasteiger partial charge in [0.1, 0.15) is 23.0 Å². The maximum Gasteiger partial charge on any atom is 0.244 e. The fourth-order valence-corrected chi connectivity index (χ4v) is 5.84. The fourth-order valence-electron chi connectivity index (χ4n) is 4.44. The molecule has 0 aromatic carbocycles. The summed E-state index contributed by atoms with van der Waals surface area (Å²) in [6, 6.07) is 1.51. The Balaban J connectivity index is 1.71. The lowest BCUT2D eigenvalue weighted by Crippen LogP contribution is -2.48. The SMILES string of the molecule is CCc1c2c(nn1CC)C(O)N=C(c1cc(S(=O)(=O)N3CCN(CC)CC3)cnc1OCCOC)N2. The van der Waals surface area contributed by atoms with Gasteiger partial charge in [-0.25, -0.2) is 18.4 Å². The van der Waals surface area contributed by atoms with E-state index < -0.39 is 16.3 Å². The van der Waals surface area contributed by atoms with E-state index in [9.17, 15) is 13.5 Å². The maximum atomic E-state index is 13.5. The van der Waals surface area contributed by atoms with Crippen LogP contribution < -0.4 is 10.1 Å². The van der Waals surface area contributed by atoms with Crippen LogP contribution in [0.25, 0.3) is 0 Å². The summed E-state index contributed by atoms with van der Waals surface area (Å²) >= 11 is 0. The van der Waals surface area contributed by atoms with E-state index in [2.05, 4.69) is 32.2 Å². The number of hydrogen-bond donors (Lipinski definition) is 2. The minimum absolute atomic E-state index is 0.0475. The number of sulfonamides is 1. The van der Waals surface area contributed by atoms with Crippen molar-refractivity contribution in [3.63, 3.8) is 0 Å². The monoisotopic (exact) mass is 521 g/mol. The molecular weight excluding hydrogens is 486 g/mol. The van der Waals surface area contributed by atoms with Crippen LogP contribution in [0.4, 0.5) is 5.69 Å². The first-order chi connectivity index (χ1) is 17.3. The molecule has 0 spiro atoms. The Bertz CT molecular complexity index is 1210. The third-order valence-corrected chi connectivity index (χ3v) is 8.35. The molecule has 2 N–H and O–H groups in total. The minimum atomic E-state index is -3.78. The topological polar surface area (TPSA) is 134 Å². The molecular formula is C23H35N7O5S. The van der Waals surface area contributed by atoms with Gasteiger partial charge in [-0.2, -0.15) is 9.40 Å². The van der Waals surface area contributed by atoms with E-state index in [0.717, 1.165) is 12.2 Å². The van der Waals surface area contributed by atoms with Crippen molar-refractivity contribution >= 4 is 21.5 Å². The highest BCUT2D eigenvalue weighted by molar-refractivity contribution is 7.89. The number of methoxy groups -OCH3 is 1. The predicted molar refractivity (Wildman–Crippen MR) is 135 cm³/mol. The van der Waals surface area contributed by atoms with E-state index in [1.807, 2.05) is 18.5 Å². The molecule has 2 aromatic rings. The van der Waals surface area contributed by atoms with Crippen LogP contribution in [0.15, 0.2) is 22.2 Å². The molecule has 1 fully saturated rings. The highest BCUT2D eigenvalue weighted by Crippen LogP contribution is 2.34. The van der Waals surface area contributed by atoms with Crippen molar-refractivity contribution in [2.75, 3.05) is 58.4 Å². The van der Waals surface area contributed by atoms with Crippen LogP contribution >= 0.6 is 0 Å². The van der Waals surface area contributed by atoms with Crippen molar-refractivity contribution in [2.24, 2.45) is 4.99 Å². The van der Waals surface area contributed by atoms with Crippen LogP contribution in [-0.4, -0.2) is 96.4 Å². The molecule has 2 aliphatic heterocycles. The molecule has 4 heterocycles. The highest BCUT2D eigenvalue weighted by atomic mass is 32.2. The molecule has 13 heteroatoms. The van der Waals surface area contributed by atoms with Crippen molar-refractivity contribution < 1.29 is 23.0 Å². The highest BCUT2D eigenvalue weighted by Gasteiger charge is 2.32. The summed E-state index contributed by atoms with van der Waals surface area (Å²) in [4.78, 5) is 11.0. The molecule has 1 unspecified atom stereocenters. The van der Waals surface area contributed by atoms with Gasteiger partial charge in [-0.1, -0.05) is 13.8 Å². The van der Waals surface area contributed by atoms with Crippen molar-refractivity contribution in [1.29, 1.82) is 0 Å².